The predicted molar refractivity (Wildman–Crippen MR) is 108 cm³/mol. The lowest BCUT2D eigenvalue weighted by Crippen LogP contribution is -2.54. The van der Waals surface area contributed by atoms with Crippen molar-refractivity contribution in [1.82, 2.24) is 15.1 Å². The molecule has 1 amide bonds. The van der Waals surface area contributed by atoms with Gasteiger partial charge in [-0.2, -0.15) is 0 Å². The van der Waals surface area contributed by atoms with E-state index in [1.54, 1.807) is 0 Å². The Morgan fingerprint density at radius 2 is 1.92 bits per heavy atom. The van der Waals surface area contributed by atoms with Crippen LogP contribution in [0.5, 0.6) is 0 Å². The summed E-state index contributed by atoms with van der Waals surface area (Å²) in [6, 6.07) is 14.0. The second-order valence-electron chi connectivity index (χ2n) is 7.15. The zero-order valence-corrected chi connectivity index (χ0v) is 16.4. The molecule has 0 bridgehead atoms. The van der Waals surface area contributed by atoms with E-state index in [9.17, 15) is 4.79 Å². The van der Waals surface area contributed by atoms with Gasteiger partial charge in [0.25, 0.3) is 5.91 Å². The average Bonchev–Trinajstić information content (AvgIpc) is 2.64. The predicted octanol–water partition coefficient (Wildman–Crippen LogP) is 3.29. The van der Waals surface area contributed by atoms with Crippen LogP contribution in [0.1, 0.15) is 15.9 Å². The molecule has 1 heterocycles. The Morgan fingerprint density at radius 3 is 2.69 bits per heavy atom. The summed E-state index contributed by atoms with van der Waals surface area (Å²) in [4.78, 5) is 17.2. The molecular weight excluding hydrogens is 346 g/mol. The number of amides is 1. The maximum atomic E-state index is 12.6. The summed E-state index contributed by atoms with van der Waals surface area (Å²) < 4.78 is 0. The van der Waals surface area contributed by atoms with Crippen LogP contribution in [-0.2, 0) is 0 Å². The van der Waals surface area contributed by atoms with Crippen LogP contribution < -0.4 is 5.32 Å². The summed E-state index contributed by atoms with van der Waals surface area (Å²) in [5.74, 6) is -0.0286. The van der Waals surface area contributed by atoms with Crippen LogP contribution in [0, 0.1) is 6.92 Å². The lowest BCUT2D eigenvalue weighted by Gasteiger charge is -2.37. The van der Waals surface area contributed by atoms with E-state index in [0.29, 0.717) is 18.2 Å². The highest BCUT2D eigenvalue weighted by Gasteiger charge is 2.22. The molecule has 0 unspecified atom stereocenters. The third-order valence-corrected chi connectivity index (χ3v) is 5.52. The molecule has 2 aromatic carbocycles. The van der Waals surface area contributed by atoms with Crippen LogP contribution in [0.2, 0.25) is 5.02 Å². The van der Waals surface area contributed by atoms with Crippen molar-refractivity contribution in [1.29, 1.82) is 0 Å². The molecule has 0 aliphatic carbocycles. The SMILES string of the molecule is Cc1cc(-c2cccc(C(=O)NC[C@@H]3CN(C)CCN3C)c2)ccc1Cl. The first-order valence-electron chi connectivity index (χ1n) is 8.97. The van der Waals surface area contributed by atoms with Gasteiger partial charge in [0.05, 0.1) is 0 Å². The molecule has 0 radical (unpaired) electrons. The van der Waals surface area contributed by atoms with Gasteiger partial charge < -0.3 is 10.2 Å². The van der Waals surface area contributed by atoms with Crippen molar-refractivity contribution in [2.75, 3.05) is 40.3 Å². The number of carbonyl (C=O) groups is 1. The fourth-order valence-corrected chi connectivity index (χ4v) is 3.42. The number of halogens is 1. The molecule has 2 aromatic rings. The minimum absolute atomic E-state index is 0.0286. The molecule has 138 valence electrons. The van der Waals surface area contributed by atoms with Crippen LogP contribution in [0.15, 0.2) is 42.5 Å². The Morgan fingerprint density at radius 1 is 1.15 bits per heavy atom. The Labute approximate surface area is 160 Å². The number of benzene rings is 2. The highest BCUT2D eigenvalue weighted by molar-refractivity contribution is 6.31. The van der Waals surface area contributed by atoms with Gasteiger partial charge >= 0.3 is 0 Å². The molecule has 4 nitrogen and oxygen atoms in total. The highest BCUT2D eigenvalue weighted by Crippen LogP contribution is 2.25. The van der Waals surface area contributed by atoms with Crippen molar-refractivity contribution in [2.45, 2.75) is 13.0 Å². The number of aryl methyl sites for hydroxylation is 1. The first-order valence-corrected chi connectivity index (χ1v) is 9.35. The third kappa shape index (κ3) is 4.44. The van der Waals surface area contributed by atoms with Crippen LogP contribution in [-0.4, -0.2) is 62.0 Å². The summed E-state index contributed by atoms with van der Waals surface area (Å²) in [5.41, 5.74) is 3.80. The standard InChI is InChI=1S/C21H26ClN3O/c1-15-11-17(7-8-20(15)22)16-5-4-6-18(12-16)21(26)23-13-19-14-24(2)9-10-25(19)3/h4-8,11-12,19H,9-10,13-14H2,1-3H3,(H,23,26)/t19-/m1/s1. The molecule has 3 rings (SSSR count). The number of likely N-dealkylation sites (N-methyl/N-ethyl adjacent to an activating group) is 2. The van der Waals surface area contributed by atoms with Crippen molar-refractivity contribution in [3.8, 4) is 11.1 Å². The fraction of sp³-hybridized carbons (Fsp3) is 0.381. The maximum Gasteiger partial charge on any atom is 0.251 e. The second-order valence-corrected chi connectivity index (χ2v) is 7.56. The van der Waals surface area contributed by atoms with E-state index in [-0.39, 0.29) is 5.91 Å². The molecule has 1 atom stereocenters. The number of hydrogen-bond donors (Lipinski definition) is 1. The van der Waals surface area contributed by atoms with Gasteiger partial charge in [0, 0.05) is 42.8 Å². The second kappa shape index (κ2) is 8.21. The van der Waals surface area contributed by atoms with Crippen LogP contribution in [0.3, 0.4) is 0 Å². The minimum atomic E-state index is -0.0286. The molecular formula is C21H26ClN3O. The summed E-state index contributed by atoms with van der Waals surface area (Å²) in [7, 11) is 4.24. The summed E-state index contributed by atoms with van der Waals surface area (Å²) in [6.45, 7) is 5.72. The molecule has 0 aromatic heterocycles. The van der Waals surface area contributed by atoms with Gasteiger partial charge in [-0.05, 0) is 62.0 Å². The van der Waals surface area contributed by atoms with E-state index in [4.69, 9.17) is 11.6 Å². The van der Waals surface area contributed by atoms with E-state index >= 15 is 0 Å². The van der Waals surface area contributed by atoms with Crippen molar-refractivity contribution in [3.63, 3.8) is 0 Å². The number of carbonyl (C=O) groups excluding carboxylic acids is 1. The fourth-order valence-electron chi connectivity index (χ4n) is 3.30. The van der Waals surface area contributed by atoms with Gasteiger partial charge in [0.15, 0.2) is 0 Å². The topological polar surface area (TPSA) is 35.6 Å². The van der Waals surface area contributed by atoms with Crippen molar-refractivity contribution in [2.24, 2.45) is 0 Å². The summed E-state index contributed by atoms with van der Waals surface area (Å²) in [6.07, 6.45) is 0. The van der Waals surface area contributed by atoms with Crippen LogP contribution in [0.4, 0.5) is 0 Å². The molecule has 0 spiro atoms. The van der Waals surface area contributed by atoms with Crippen molar-refractivity contribution in [3.05, 3.63) is 58.6 Å². The van der Waals surface area contributed by atoms with E-state index in [1.165, 1.54) is 0 Å². The third-order valence-electron chi connectivity index (χ3n) is 5.09. The van der Waals surface area contributed by atoms with E-state index in [0.717, 1.165) is 41.3 Å². The lowest BCUT2D eigenvalue weighted by molar-refractivity contribution is 0.0881. The zero-order chi connectivity index (χ0) is 18.7. The number of piperazine rings is 1. The monoisotopic (exact) mass is 371 g/mol. The summed E-state index contributed by atoms with van der Waals surface area (Å²) in [5, 5.41) is 3.84. The Kier molecular flexibility index (Phi) is 5.97. The average molecular weight is 372 g/mol. The van der Waals surface area contributed by atoms with Crippen LogP contribution >= 0.6 is 11.6 Å². The number of nitrogens with one attached hydrogen (secondary N) is 1. The van der Waals surface area contributed by atoms with Gasteiger partial charge in [0.2, 0.25) is 0 Å². The first-order chi connectivity index (χ1) is 12.4. The highest BCUT2D eigenvalue weighted by atomic mass is 35.5. The maximum absolute atomic E-state index is 12.6. The molecule has 1 aliphatic rings. The van der Waals surface area contributed by atoms with E-state index in [1.807, 2.05) is 49.4 Å². The smallest absolute Gasteiger partial charge is 0.251 e. The lowest BCUT2D eigenvalue weighted by atomic mass is 10.0. The van der Waals surface area contributed by atoms with Gasteiger partial charge in [-0.15, -0.1) is 0 Å². The molecule has 1 N–H and O–H groups in total. The molecule has 1 aliphatic heterocycles. The largest absolute Gasteiger partial charge is 0.350 e. The number of nitrogens with zero attached hydrogens (tertiary/aromatic N) is 2. The molecule has 26 heavy (non-hydrogen) atoms. The molecule has 1 saturated heterocycles. The van der Waals surface area contributed by atoms with E-state index in [2.05, 4.69) is 29.2 Å². The quantitative estimate of drug-likeness (QED) is 0.895. The Bertz CT molecular complexity index is 793. The first kappa shape index (κ1) is 18.9. The Hall–Kier alpha value is -1.88. The van der Waals surface area contributed by atoms with E-state index < -0.39 is 0 Å². The van der Waals surface area contributed by atoms with Crippen LogP contribution in [0.25, 0.3) is 11.1 Å². The zero-order valence-electron chi connectivity index (χ0n) is 15.6. The van der Waals surface area contributed by atoms with Gasteiger partial charge in [-0.25, -0.2) is 0 Å². The molecule has 5 heteroatoms. The minimum Gasteiger partial charge on any atom is -0.350 e. The molecule has 0 saturated carbocycles. The van der Waals surface area contributed by atoms with Crippen molar-refractivity contribution >= 4 is 17.5 Å². The normalized spacial score (nSPS) is 18.7. The van der Waals surface area contributed by atoms with Gasteiger partial charge in [-0.1, -0.05) is 29.8 Å². The Balaban J connectivity index is 1.69. The van der Waals surface area contributed by atoms with Crippen molar-refractivity contribution < 1.29 is 4.79 Å². The number of rotatable bonds is 4. The molecule has 1 fully saturated rings. The number of hydrogen-bond acceptors (Lipinski definition) is 3. The van der Waals surface area contributed by atoms with Gasteiger partial charge in [-0.3, -0.25) is 9.69 Å². The summed E-state index contributed by atoms with van der Waals surface area (Å²) >= 11 is 6.12. The van der Waals surface area contributed by atoms with Gasteiger partial charge in [0.1, 0.15) is 0 Å².